The van der Waals surface area contributed by atoms with Gasteiger partial charge < -0.3 is 40.8 Å². The largest absolute Gasteiger partial charge is 0.496 e. The molecule has 3 atom stereocenters. The molecule has 50 heavy (non-hydrogen) atoms. The van der Waals surface area contributed by atoms with Gasteiger partial charge in [-0.25, -0.2) is 4.98 Å². The molecule has 0 saturated carbocycles. The summed E-state index contributed by atoms with van der Waals surface area (Å²) in [5.74, 6) is -0.486. The Kier molecular flexibility index (Phi) is 14.2. The van der Waals surface area contributed by atoms with Crippen LogP contribution in [0.3, 0.4) is 0 Å². The number of benzene rings is 1. The van der Waals surface area contributed by atoms with Gasteiger partial charge in [0.2, 0.25) is 17.8 Å². The minimum Gasteiger partial charge on any atom is -0.496 e. The minimum atomic E-state index is -1.00. The highest BCUT2D eigenvalue weighted by Gasteiger charge is 2.27. The van der Waals surface area contributed by atoms with E-state index in [2.05, 4.69) is 49.1 Å². The lowest BCUT2D eigenvalue weighted by molar-refractivity contribution is -0.142. The average Bonchev–Trinajstić information content (AvgIpc) is 3.50. The van der Waals surface area contributed by atoms with Crippen LogP contribution in [0.5, 0.6) is 5.75 Å². The fourth-order valence-electron chi connectivity index (χ4n) is 6.47. The molecule has 14 nitrogen and oxygen atoms in total. The van der Waals surface area contributed by atoms with Crippen LogP contribution < -0.4 is 21.1 Å². The third-order valence-corrected chi connectivity index (χ3v) is 9.61. The Hall–Kier alpha value is -4.43. The van der Waals surface area contributed by atoms with E-state index < -0.39 is 11.9 Å². The predicted octanol–water partition coefficient (Wildman–Crippen LogP) is 3.32. The zero-order valence-electron chi connectivity index (χ0n) is 29.9. The number of aliphatic hydroxyl groups is 1. The lowest BCUT2D eigenvalue weighted by atomic mass is 9.88. The number of carbonyl (C=O) groups excluding carboxylic acids is 2. The number of carboxylic acid groups (broad SMARTS) is 1. The number of nitrogens with zero attached hydrogens (tertiary/aromatic N) is 5. The molecule has 2 aromatic heterocycles. The second-order valence-electron chi connectivity index (χ2n) is 13.2. The Labute approximate surface area is 294 Å². The number of anilines is 2. The number of carbonyl (C=O) groups is 3. The second kappa shape index (κ2) is 18.5. The molecule has 1 fully saturated rings. The Balaban J connectivity index is 1.36. The van der Waals surface area contributed by atoms with Crippen molar-refractivity contribution < 1.29 is 29.3 Å². The van der Waals surface area contributed by atoms with Crippen molar-refractivity contribution in [2.24, 2.45) is 11.8 Å². The van der Waals surface area contributed by atoms with E-state index in [9.17, 15) is 24.6 Å². The smallest absolute Gasteiger partial charge is 0.304 e. The van der Waals surface area contributed by atoms with Gasteiger partial charge in [0.15, 0.2) is 5.82 Å². The lowest BCUT2D eigenvalue weighted by Gasteiger charge is -2.35. The summed E-state index contributed by atoms with van der Waals surface area (Å²) in [6, 6.07) is 7.94. The van der Waals surface area contributed by atoms with Gasteiger partial charge in [0.25, 0.3) is 0 Å². The number of nitrogens with two attached hydrogens (primary N) is 1. The summed E-state index contributed by atoms with van der Waals surface area (Å²) < 4.78 is 7.80. The van der Waals surface area contributed by atoms with Crippen molar-refractivity contribution in [1.29, 1.82) is 0 Å². The number of methoxy groups -OCH3 is 1. The lowest BCUT2D eigenvalue weighted by Crippen LogP contribution is -2.49. The van der Waals surface area contributed by atoms with E-state index in [0.29, 0.717) is 57.0 Å². The second-order valence-corrected chi connectivity index (χ2v) is 13.2. The minimum absolute atomic E-state index is 0.0162. The van der Waals surface area contributed by atoms with Crippen LogP contribution in [0.4, 0.5) is 11.8 Å². The molecule has 2 amide bonds. The first-order valence-electron chi connectivity index (χ1n) is 17.7. The Morgan fingerprint density at radius 3 is 2.50 bits per heavy atom. The molecule has 0 bridgehead atoms. The van der Waals surface area contributed by atoms with E-state index in [0.717, 1.165) is 41.7 Å². The van der Waals surface area contributed by atoms with Crippen LogP contribution >= 0.6 is 0 Å². The SMILES string of the molecule is CCCCC(CO)Nc1nc(N)nc2ccn(Cc3cc(CN4CCN(C(=O)CCNC(=O)C(CC(=O)O)C(C)CC)CC4)ccc3OC)c12. The molecule has 1 aromatic carbocycles. The van der Waals surface area contributed by atoms with Crippen LogP contribution in [0.2, 0.25) is 0 Å². The molecule has 0 spiro atoms. The molecule has 1 aliphatic rings. The first-order chi connectivity index (χ1) is 24.1. The van der Waals surface area contributed by atoms with Crippen molar-refractivity contribution >= 4 is 40.6 Å². The molecule has 3 unspecified atom stereocenters. The molecule has 6 N–H and O–H groups in total. The molecule has 0 radical (unpaired) electrons. The predicted molar refractivity (Wildman–Crippen MR) is 193 cm³/mol. The van der Waals surface area contributed by atoms with Gasteiger partial charge in [0, 0.05) is 57.4 Å². The highest BCUT2D eigenvalue weighted by molar-refractivity contribution is 5.88. The highest BCUT2D eigenvalue weighted by atomic mass is 16.5. The summed E-state index contributed by atoms with van der Waals surface area (Å²) in [7, 11) is 1.66. The van der Waals surface area contributed by atoms with Gasteiger partial charge in [0.1, 0.15) is 11.3 Å². The van der Waals surface area contributed by atoms with Crippen molar-refractivity contribution in [2.75, 3.05) is 57.5 Å². The van der Waals surface area contributed by atoms with Crippen LogP contribution in [0.15, 0.2) is 30.5 Å². The van der Waals surface area contributed by atoms with Gasteiger partial charge in [-0.3, -0.25) is 19.3 Å². The Morgan fingerprint density at radius 2 is 1.84 bits per heavy atom. The van der Waals surface area contributed by atoms with E-state index in [4.69, 9.17) is 10.5 Å². The topological polar surface area (TPSA) is 188 Å². The van der Waals surface area contributed by atoms with E-state index >= 15 is 0 Å². The molecular weight excluding hydrogens is 640 g/mol. The molecule has 1 saturated heterocycles. The van der Waals surface area contributed by atoms with Gasteiger partial charge in [-0.05, 0) is 36.1 Å². The van der Waals surface area contributed by atoms with Crippen LogP contribution in [0.1, 0.15) is 70.4 Å². The van der Waals surface area contributed by atoms with E-state index in [1.54, 1.807) is 7.11 Å². The molecular formula is C36H54N8O6. The summed E-state index contributed by atoms with van der Waals surface area (Å²) >= 11 is 0. The number of aliphatic hydroxyl groups excluding tert-OH is 1. The van der Waals surface area contributed by atoms with Gasteiger partial charge in [-0.1, -0.05) is 46.1 Å². The molecule has 1 aliphatic heterocycles. The summed E-state index contributed by atoms with van der Waals surface area (Å²) in [5.41, 5.74) is 9.67. The Morgan fingerprint density at radius 1 is 1.08 bits per heavy atom. The number of aliphatic carboxylic acids is 1. The molecule has 3 heterocycles. The maximum atomic E-state index is 12.9. The van der Waals surface area contributed by atoms with Crippen LogP contribution in [0, 0.1) is 11.8 Å². The Bertz CT molecular complexity index is 1590. The number of piperazine rings is 1. The number of hydrogen-bond donors (Lipinski definition) is 5. The molecule has 14 heteroatoms. The maximum Gasteiger partial charge on any atom is 0.304 e. The first kappa shape index (κ1) is 38.4. The third-order valence-electron chi connectivity index (χ3n) is 9.61. The molecule has 0 aliphatic carbocycles. The van der Waals surface area contributed by atoms with Crippen molar-refractivity contribution in [3.05, 3.63) is 41.6 Å². The van der Waals surface area contributed by atoms with E-state index in [1.807, 2.05) is 37.1 Å². The fraction of sp³-hybridized carbons (Fsp3) is 0.583. The summed E-state index contributed by atoms with van der Waals surface area (Å²) in [6.45, 7) is 9.93. The number of aromatic nitrogens is 3. The number of ether oxygens (including phenoxy) is 1. The average molecular weight is 695 g/mol. The fourth-order valence-corrected chi connectivity index (χ4v) is 6.47. The number of hydrogen-bond acceptors (Lipinski definition) is 10. The third kappa shape index (κ3) is 10.3. The number of unbranched alkanes of at least 4 members (excludes halogenated alkanes) is 1. The standard InChI is InChI=1S/C36H54N8O6/c1-5-7-8-27(23-45)39-34-33-29(40-36(37)41-34)12-14-44(33)22-26-19-25(9-10-30(26)50-4)21-42-15-17-43(18-16-42)31(46)11-13-38-35(49)28(20-32(47)48)24(3)6-2/h9-10,12,14,19,24,27-28,45H,5-8,11,13,15-18,20-23H2,1-4H3,(H,38,49)(H,47,48)(H3,37,39,40,41). The number of carboxylic acids is 1. The van der Waals surface area contributed by atoms with Gasteiger partial charge in [-0.2, -0.15) is 4.98 Å². The van der Waals surface area contributed by atoms with Crippen molar-refractivity contribution in [3.8, 4) is 5.75 Å². The normalized spacial score (nSPS) is 15.4. The number of rotatable bonds is 19. The van der Waals surface area contributed by atoms with Gasteiger partial charge in [-0.15, -0.1) is 0 Å². The number of nitrogen functional groups attached to an aromatic ring is 1. The zero-order valence-corrected chi connectivity index (χ0v) is 29.9. The molecule has 3 aromatic rings. The summed E-state index contributed by atoms with van der Waals surface area (Å²) in [6.07, 6.45) is 5.43. The van der Waals surface area contributed by atoms with Gasteiger partial charge >= 0.3 is 5.97 Å². The number of fused-ring (bicyclic) bond motifs is 1. The zero-order chi connectivity index (χ0) is 36.2. The van der Waals surface area contributed by atoms with E-state index in [1.165, 1.54) is 0 Å². The molecule has 4 rings (SSSR count). The van der Waals surface area contributed by atoms with Crippen molar-refractivity contribution in [3.63, 3.8) is 0 Å². The molecule has 274 valence electrons. The number of nitrogens with one attached hydrogen (secondary N) is 2. The quantitative estimate of drug-likeness (QED) is 0.124. The summed E-state index contributed by atoms with van der Waals surface area (Å²) in [4.78, 5) is 49.9. The van der Waals surface area contributed by atoms with Crippen molar-refractivity contribution in [1.82, 2.24) is 29.7 Å². The number of amides is 2. The van der Waals surface area contributed by atoms with Crippen molar-refractivity contribution in [2.45, 2.75) is 78.4 Å². The van der Waals surface area contributed by atoms with Crippen LogP contribution in [0.25, 0.3) is 11.0 Å². The monoisotopic (exact) mass is 694 g/mol. The van der Waals surface area contributed by atoms with Crippen LogP contribution in [-0.4, -0.2) is 105 Å². The maximum absolute atomic E-state index is 12.9. The van der Waals surface area contributed by atoms with E-state index in [-0.39, 0.29) is 55.7 Å². The summed E-state index contributed by atoms with van der Waals surface area (Å²) in [5, 5.41) is 25.4. The highest BCUT2D eigenvalue weighted by Crippen LogP contribution is 2.28. The first-order valence-corrected chi connectivity index (χ1v) is 17.7. The van der Waals surface area contributed by atoms with Crippen LogP contribution in [-0.2, 0) is 27.5 Å². The van der Waals surface area contributed by atoms with Gasteiger partial charge in [0.05, 0.1) is 44.2 Å².